The number of rotatable bonds is 7. The number of aryl methyl sites for hydroxylation is 1. The summed E-state index contributed by atoms with van der Waals surface area (Å²) in [4.78, 5) is 16.1. The van der Waals surface area contributed by atoms with Crippen LogP contribution in [-0.4, -0.2) is 51.6 Å². The molecule has 29 heavy (non-hydrogen) atoms. The molecule has 0 bridgehead atoms. The lowest BCUT2D eigenvalue weighted by molar-refractivity contribution is -0.0400. The van der Waals surface area contributed by atoms with Gasteiger partial charge in [-0.05, 0) is 52.4 Å². The fourth-order valence-corrected chi connectivity index (χ4v) is 4.14. The van der Waals surface area contributed by atoms with Crippen molar-refractivity contribution in [1.29, 1.82) is 0 Å². The van der Waals surface area contributed by atoms with Crippen LogP contribution in [0.15, 0.2) is 10.7 Å². The third kappa shape index (κ3) is 3.81. The smallest absolute Gasteiger partial charge is 0.229 e. The molecule has 3 aromatic rings. The highest BCUT2D eigenvalue weighted by molar-refractivity contribution is 6.06. The summed E-state index contributed by atoms with van der Waals surface area (Å²) in [5.74, 6) is 0.741. The predicted molar refractivity (Wildman–Crippen MR) is 115 cm³/mol. The largest absolute Gasteiger partial charge is 0.432 e. The minimum absolute atomic E-state index is 0.212. The zero-order valence-electron chi connectivity index (χ0n) is 18.1. The van der Waals surface area contributed by atoms with Crippen molar-refractivity contribution in [3.8, 4) is 0 Å². The van der Waals surface area contributed by atoms with E-state index in [-0.39, 0.29) is 5.60 Å². The molecule has 7 heteroatoms. The summed E-state index contributed by atoms with van der Waals surface area (Å²) in [6.45, 7) is 15.3. The maximum atomic E-state index is 6.17. The van der Waals surface area contributed by atoms with Crippen molar-refractivity contribution in [2.45, 2.75) is 59.7 Å². The van der Waals surface area contributed by atoms with Gasteiger partial charge in [-0.2, -0.15) is 0 Å². The Bertz CT molecular complexity index is 1020. The number of anilines is 1. The Labute approximate surface area is 171 Å². The van der Waals surface area contributed by atoms with Gasteiger partial charge in [0.15, 0.2) is 11.4 Å². The molecular formula is C22H31N5O2. The van der Waals surface area contributed by atoms with Gasteiger partial charge in [-0.1, -0.05) is 13.8 Å². The maximum absolute atomic E-state index is 6.17. The van der Waals surface area contributed by atoms with Crippen LogP contribution in [-0.2, 0) is 17.8 Å². The Kier molecular flexibility index (Phi) is 5.44. The summed E-state index contributed by atoms with van der Waals surface area (Å²) >= 11 is 0. The molecule has 0 unspecified atom stereocenters. The van der Waals surface area contributed by atoms with E-state index >= 15 is 0 Å². The quantitative estimate of drug-likeness (QED) is 0.602. The molecule has 0 radical (unpaired) electrons. The van der Waals surface area contributed by atoms with Gasteiger partial charge in [-0.15, -0.1) is 0 Å². The molecule has 1 aliphatic heterocycles. The summed E-state index contributed by atoms with van der Waals surface area (Å²) in [7, 11) is 0. The van der Waals surface area contributed by atoms with Crippen molar-refractivity contribution in [1.82, 2.24) is 19.9 Å². The van der Waals surface area contributed by atoms with Crippen LogP contribution in [0, 0.1) is 6.92 Å². The van der Waals surface area contributed by atoms with Crippen molar-refractivity contribution in [3.63, 3.8) is 0 Å². The van der Waals surface area contributed by atoms with Crippen LogP contribution in [0.25, 0.3) is 22.2 Å². The SMILES string of the molecule is CCN(CC)CCCNc1ncnc2c1oc1nc(C)c3c(c12)CC(C)(C)OC3. The molecule has 4 heterocycles. The van der Waals surface area contributed by atoms with Gasteiger partial charge in [0.1, 0.15) is 11.8 Å². The highest BCUT2D eigenvalue weighted by atomic mass is 16.5. The number of pyridine rings is 1. The Hall–Kier alpha value is -2.25. The number of hydrogen-bond donors (Lipinski definition) is 1. The minimum Gasteiger partial charge on any atom is -0.432 e. The van der Waals surface area contributed by atoms with E-state index in [2.05, 4.69) is 47.9 Å². The van der Waals surface area contributed by atoms with E-state index in [1.165, 1.54) is 5.56 Å². The second-order valence-corrected chi connectivity index (χ2v) is 8.37. The molecule has 0 aromatic carbocycles. The highest BCUT2D eigenvalue weighted by Crippen LogP contribution is 2.39. The van der Waals surface area contributed by atoms with Crippen molar-refractivity contribution in [2.75, 3.05) is 31.5 Å². The maximum Gasteiger partial charge on any atom is 0.229 e. The van der Waals surface area contributed by atoms with Crippen LogP contribution < -0.4 is 5.32 Å². The molecule has 3 aromatic heterocycles. The van der Waals surface area contributed by atoms with E-state index in [1.807, 2.05) is 6.92 Å². The third-order valence-electron chi connectivity index (χ3n) is 5.87. The number of nitrogens with one attached hydrogen (secondary N) is 1. The molecule has 1 aliphatic rings. The van der Waals surface area contributed by atoms with Crippen LogP contribution in [0.4, 0.5) is 5.82 Å². The topological polar surface area (TPSA) is 76.3 Å². The first-order chi connectivity index (χ1) is 13.9. The summed E-state index contributed by atoms with van der Waals surface area (Å²) in [6.07, 6.45) is 3.47. The number of ether oxygens (including phenoxy) is 1. The number of aromatic nitrogens is 3. The summed E-state index contributed by atoms with van der Waals surface area (Å²) in [5.41, 5.74) is 5.32. The lowest BCUT2D eigenvalue weighted by Gasteiger charge is -2.32. The van der Waals surface area contributed by atoms with Gasteiger partial charge in [-0.25, -0.2) is 15.0 Å². The molecule has 7 nitrogen and oxygen atoms in total. The summed E-state index contributed by atoms with van der Waals surface area (Å²) in [5, 5.41) is 4.44. The minimum atomic E-state index is -0.212. The van der Waals surface area contributed by atoms with Crippen LogP contribution in [0.2, 0.25) is 0 Å². The molecule has 0 fully saturated rings. The second-order valence-electron chi connectivity index (χ2n) is 8.37. The van der Waals surface area contributed by atoms with Gasteiger partial charge < -0.3 is 19.4 Å². The molecule has 0 spiro atoms. The van der Waals surface area contributed by atoms with Crippen LogP contribution in [0.5, 0.6) is 0 Å². The second kappa shape index (κ2) is 7.88. The Morgan fingerprint density at radius 1 is 1.17 bits per heavy atom. The molecular weight excluding hydrogens is 366 g/mol. The zero-order chi connectivity index (χ0) is 20.6. The van der Waals surface area contributed by atoms with Gasteiger partial charge in [-0.3, -0.25) is 0 Å². The number of furan rings is 1. The summed E-state index contributed by atoms with van der Waals surface area (Å²) in [6, 6.07) is 0. The van der Waals surface area contributed by atoms with E-state index in [9.17, 15) is 0 Å². The normalized spacial score (nSPS) is 15.9. The van der Waals surface area contributed by atoms with Gasteiger partial charge in [0.2, 0.25) is 5.71 Å². The summed E-state index contributed by atoms with van der Waals surface area (Å²) < 4.78 is 12.2. The number of fused-ring (bicyclic) bond motifs is 5. The fraction of sp³-hybridized carbons (Fsp3) is 0.591. The molecule has 0 saturated heterocycles. The van der Waals surface area contributed by atoms with E-state index in [1.54, 1.807) is 6.33 Å². The molecule has 0 atom stereocenters. The molecule has 0 saturated carbocycles. The molecule has 1 N–H and O–H groups in total. The van der Waals surface area contributed by atoms with Crippen LogP contribution in [0.1, 0.15) is 50.9 Å². The molecule has 156 valence electrons. The van der Waals surface area contributed by atoms with Crippen molar-refractivity contribution >= 4 is 28.0 Å². The van der Waals surface area contributed by atoms with Gasteiger partial charge in [0, 0.05) is 24.2 Å². The average molecular weight is 398 g/mol. The fourth-order valence-electron chi connectivity index (χ4n) is 4.14. The first kappa shape index (κ1) is 20.0. The standard InChI is InChI=1S/C22H31N5O2/c1-6-27(7-2)10-8-9-23-20-19-18(24-13-25-20)17-15-11-22(4,5)28-12-16(15)14(3)26-21(17)29-19/h13H,6-12H2,1-5H3,(H,23,24,25). The van der Waals surface area contributed by atoms with E-state index in [0.29, 0.717) is 17.9 Å². The highest BCUT2D eigenvalue weighted by Gasteiger charge is 2.31. The van der Waals surface area contributed by atoms with Gasteiger partial charge in [0.25, 0.3) is 0 Å². The predicted octanol–water partition coefficient (Wildman–Crippen LogP) is 4.07. The van der Waals surface area contributed by atoms with E-state index in [0.717, 1.165) is 67.0 Å². The molecule has 0 amide bonds. The van der Waals surface area contributed by atoms with Crippen LogP contribution in [0.3, 0.4) is 0 Å². The van der Waals surface area contributed by atoms with E-state index in [4.69, 9.17) is 14.1 Å². The van der Waals surface area contributed by atoms with Crippen LogP contribution >= 0.6 is 0 Å². The first-order valence-electron chi connectivity index (χ1n) is 10.6. The van der Waals surface area contributed by atoms with Crippen molar-refractivity contribution in [2.24, 2.45) is 0 Å². The number of nitrogens with zero attached hydrogens (tertiary/aromatic N) is 4. The van der Waals surface area contributed by atoms with E-state index < -0.39 is 0 Å². The third-order valence-corrected chi connectivity index (χ3v) is 5.87. The first-order valence-corrected chi connectivity index (χ1v) is 10.6. The monoisotopic (exact) mass is 397 g/mol. The lowest BCUT2D eigenvalue weighted by atomic mass is 9.89. The van der Waals surface area contributed by atoms with Gasteiger partial charge in [0.05, 0.1) is 17.6 Å². The molecule has 4 rings (SSSR count). The average Bonchev–Trinajstić information content (AvgIpc) is 3.06. The number of hydrogen-bond acceptors (Lipinski definition) is 7. The lowest BCUT2D eigenvalue weighted by Crippen LogP contribution is -2.32. The Morgan fingerprint density at radius 2 is 1.97 bits per heavy atom. The molecule has 0 aliphatic carbocycles. The zero-order valence-corrected chi connectivity index (χ0v) is 18.1. The Balaban J connectivity index is 1.68. The Morgan fingerprint density at radius 3 is 2.72 bits per heavy atom. The van der Waals surface area contributed by atoms with Crippen molar-refractivity contribution < 1.29 is 9.15 Å². The van der Waals surface area contributed by atoms with Gasteiger partial charge >= 0.3 is 0 Å². The van der Waals surface area contributed by atoms with Crippen molar-refractivity contribution in [3.05, 3.63) is 23.1 Å².